The second-order valence-electron chi connectivity index (χ2n) is 11.5. The summed E-state index contributed by atoms with van der Waals surface area (Å²) in [5.74, 6) is -0.0200. The fraction of sp³-hybridized carbons (Fsp3) is 0.821. The molecule has 1 aliphatic carbocycles. The predicted molar refractivity (Wildman–Crippen MR) is 140 cm³/mol. The molecule has 0 unspecified atom stereocenters. The number of amides is 2. The zero-order chi connectivity index (χ0) is 25.9. The topological polar surface area (TPSA) is 90.7 Å². The highest BCUT2D eigenvalue weighted by Gasteiger charge is 2.54. The lowest BCUT2D eigenvalue weighted by atomic mass is 9.77. The number of hydrogen-bond acceptors (Lipinski definition) is 5. The molecule has 8 heteroatoms. The number of aliphatic hydroxyl groups is 1. The zero-order valence-electron chi connectivity index (χ0n) is 22.9. The molecular weight excluding hydrogens is 454 g/mol. The first-order chi connectivity index (χ1) is 17.2. The Hall–Kier alpha value is -1.93. The van der Waals surface area contributed by atoms with Crippen molar-refractivity contribution in [3.63, 3.8) is 0 Å². The molecule has 36 heavy (non-hydrogen) atoms. The van der Waals surface area contributed by atoms with Crippen molar-refractivity contribution in [2.75, 3.05) is 19.6 Å². The van der Waals surface area contributed by atoms with Crippen molar-refractivity contribution in [2.24, 2.45) is 0 Å². The summed E-state index contributed by atoms with van der Waals surface area (Å²) in [6, 6.07) is -0.615. The summed E-state index contributed by atoms with van der Waals surface area (Å²) < 4.78 is 2.11. The highest BCUT2D eigenvalue weighted by atomic mass is 16.3. The molecule has 1 aromatic heterocycles. The second-order valence-corrected chi connectivity index (χ2v) is 11.5. The van der Waals surface area contributed by atoms with Crippen molar-refractivity contribution < 1.29 is 14.7 Å². The first kappa shape index (κ1) is 27.1. The van der Waals surface area contributed by atoms with Crippen LogP contribution in [0.25, 0.3) is 0 Å². The number of piperazine rings is 1. The smallest absolute Gasteiger partial charge is 0.246 e. The highest BCUT2D eigenvalue weighted by molar-refractivity contribution is 6.00. The molecule has 2 saturated heterocycles. The summed E-state index contributed by atoms with van der Waals surface area (Å²) in [6.07, 6.45) is 9.09. The van der Waals surface area contributed by atoms with Gasteiger partial charge in [-0.3, -0.25) is 19.2 Å². The monoisotopic (exact) mass is 501 g/mol. The normalized spacial score (nSPS) is 24.4. The number of aryl methyl sites for hydroxylation is 2. The molecule has 1 saturated carbocycles. The van der Waals surface area contributed by atoms with Gasteiger partial charge in [-0.1, -0.05) is 39.5 Å². The minimum absolute atomic E-state index is 0.00280. The van der Waals surface area contributed by atoms with Gasteiger partial charge < -0.3 is 15.3 Å². The van der Waals surface area contributed by atoms with Crippen LogP contribution in [0.4, 0.5) is 0 Å². The SMILES string of the molecule is CCCCN1C(=O)[C@@H](CC2(O)CCCCC2)NC(=O)C12CCN(Cc1c(C)nn(CCC)c1C)CC2. The van der Waals surface area contributed by atoms with Gasteiger partial charge in [0, 0.05) is 50.4 Å². The lowest BCUT2D eigenvalue weighted by molar-refractivity contribution is -0.163. The summed E-state index contributed by atoms with van der Waals surface area (Å²) in [5, 5.41) is 18.9. The Morgan fingerprint density at radius 1 is 1.00 bits per heavy atom. The van der Waals surface area contributed by atoms with Crippen LogP contribution in [0.1, 0.15) is 101 Å². The Bertz CT molecular complexity index is 928. The van der Waals surface area contributed by atoms with E-state index in [9.17, 15) is 14.7 Å². The van der Waals surface area contributed by atoms with E-state index < -0.39 is 17.2 Å². The van der Waals surface area contributed by atoms with Crippen LogP contribution in [0, 0.1) is 13.8 Å². The van der Waals surface area contributed by atoms with Crippen LogP contribution in [0.2, 0.25) is 0 Å². The van der Waals surface area contributed by atoms with E-state index in [1.807, 2.05) is 4.90 Å². The van der Waals surface area contributed by atoms with E-state index in [1.165, 1.54) is 11.3 Å². The van der Waals surface area contributed by atoms with Crippen LogP contribution in [0.3, 0.4) is 0 Å². The third-order valence-corrected chi connectivity index (χ3v) is 8.94. The molecule has 202 valence electrons. The minimum Gasteiger partial charge on any atom is -0.390 e. The van der Waals surface area contributed by atoms with Gasteiger partial charge >= 0.3 is 0 Å². The third kappa shape index (κ3) is 5.35. The molecular formula is C28H47N5O3. The van der Waals surface area contributed by atoms with Crippen LogP contribution >= 0.6 is 0 Å². The number of nitrogens with one attached hydrogen (secondary N) is 1. The Balaban J connectivity index is 1.47. The maximum atomic E-state index is 13.8. The quantitative estimate of drug-likeness (QED) is 0.541. The number of aromatic nitrogens is 2. The van der Waals surface area contributed by atoms with Crippen LogP contribution in [-0.2, 0) is 22.7 Å². The number of nitrogens with zero attached hydrogens (tertiary/aromatic N) is 4. The van der Waals surface area contributed by atoms with E-state index in [-0.39, 0.29) is 11.8 Å². The van der Waals surface area contributed by atoms with Crippen molar-refractivity contribution >= 4 is 11.8 Å². The zero-order valence-corrected chi connectivity index (χ0v) is 22.9. The molecule has 2 N–H and O–H groups in total. The molecule has 2 amide bonds. The first-order valence-corrected chi connectivity index (χ1v) is 14.3. The van der Waals surface area contributed by atoms with Crippen LogP contribution in [-0.4, -0.2) is 73.3 Å². The Morgan fingerprint density at radius 2 is 1.69 bits per heavy atom. The summed E-state index contributed by atoms with van der Waals surface area (Å²) in [5.41, 5.74) is 1.99. The van der Waals surface area contributed by atoms with Crippen LogP contribution in [0.5, 0.6) is 0 Å². The maximum absolute atomic E-state index is 13.8. The van der Waals surface area contributed by atoms with Crippen molar-refractivity contribution in [1.82, 2.24) is 24.9 Å². The van der Waals surface area contributed by atoms with E-state index in [2.05, 4.69) is 42.6 Å². The van der Waals surface area contributed by atoms with Gasteiger partial charge in [0.25, 0.3) is 0 Å². The molecule has 0 aromatic carbocycles. The van der Waals surface area contributed by atoms with E-state index in [0.717, 1.165) is 83.2 Å². The molecule has 0 radical (unpaired) electrons. The Kier molecular flexibility index (Phi) is 8.45. The lowest BCUT2D eigenvalue weighted by Crippen LogP contribution is -2.73. The first-order valence-electron chi connectivity index (χ1n) is 14.3. The number of hydrogen-bond donors (Lipinski definition) is 2. The van der Waals surface area contributed by atoms with Gasteiger partial charge in [-0.05, 0) is 52.4 Å². The molecule has 0 bridgehead atoms. The molecule has 1 aromatic rings. The molecule has 2 aliphatic heterocycles. The van der Waals surface area contributed by atoms with Gasteiger partial charge in [0.15, 0.2) is 0 Å². The average molecular weight is 502 g/mol. The van der Waals surface area contributed by atoms with Crippen molar-refractivity contribution in [3.05, 3.63) is 17.0 Å². The Labute approximate surface area is 216 Å². The Morgan fingerprint density at radius 3 is 2.33 bits per heavy atom. The predicted octanol–water partition coefficient (Wildman–Crippen LogP) is 3.46. The third-order valence-electron chi connectivity index (χ3n) is 8.94. The summed E-state index contributed by atoms with van der Waals surface area (Å²) in [4.78, 5) is 31.8. The maximum Gasteiger partial charge on any atom is 0.246 e. The molecule has 3 heterocycles. The number of likely N-dealkylation sites (tertiary alicyclic amines) is 1. The van der Waals surface area contributed by atoms with Gasteiger partial charge in [0.2, 0.25) is 11.8 Å². The van der Waals surface area contributed by atoms with E-state index in [4.69, 9.17) is 5.10 Å². The van der Waals surface area contributed by atoms with E-state index in [0.29, 0.717) is 25.8 Å². The number of rotatable bonds is 9. The second kappa shape index (κ2) is 11.2. The van der Waals surface area contributed by atoms with Gasteiger partial charge in [-0.2, -0.15) is 5.10 Å². The molecule has 4 rings (SSSR count). The molecule has 3 fully saturated rings. The summed E-state index contributed by atoms with van der Waals surface area (Å²) >= 11 is 0. The van der Waals surface area contributed by atoms with Gasteiger partial charge in [-0.25, -0.2) is 0 Å². The lowest BCUT2D eigenvalue weighted by Gasteiger charge is -2.52. The number of carbonyl (C=O) groups is 2. The van der Waals surface area contributed by atoms with E-state index in [1.54, 1.807) is 0 Å². The summed E-state index contributed by atoms with van der Waals surface area (Å²) in [6.45, 7) is 12.4. The summed E-state index contributed by atoms with van der Waals surface area (Å²) in [7, 11) is 0. The molecule has 8 nitrogen and oxygen atoms in total. The van der Waals surface area contributed by atoms with Gasteiger partial charge in [0.1, 0.15) is 11.6 Å². The fourth-order valence-electron chi connectivity index (χ4n) is 6.64. The van der Waals surface area contributed by atoms with Crippen molar-refractivity contribution in [1.29, 1.82) is 0 Å². The van der Waals surface area contributed by atoms with Crippen LogP contribution < -0.4 is 5.32 Å². The minimum atomic E-state index is -0.839. The fourth-order valence-corrected chi connectivity index (χ4v) is 6.64. The number of unbranched alkanes of at least 4 members (excludes halogenated alkanes) is 1. The molecule has 3 aliphatic rings. The van der Waals surface area contributed by atoms with Gasteiger partial charge in [-0.15, -0.1) is 0 Å². The standard InChI is InChI=1S/C28H47N5O3/c1-5-7-16-32-25(34)24(19-27(36)11-9-8-10-12-27)29-26(35)28(32)13-17-31(18-14-28)20-23-21(3)30-33(15-6-2)22(23)4/h24,36H,5-20H2,1-4H3,(H,29,35)/t24-/m1/s1. The average Bonchev–Trinajstić information content (AvgIpc) is 3.11. The highest BCUT2D eigenvalue weighted by Crippen LogP contribution is 2.37. The van der Waals surface area contributed by atoms with Crippen LogP contribution in [0.15, 0.2) is 0 Å². The van der Waals surface area contributed by atoms with Crippen molar-refractivity contribution in [2.45, 2.75) is 129 Å². The molecule has 1 atom stereocenters. The largest absolute Gasteiger partial charge is 0.390 e. The number of piperidine rings is 1. The van der Waals surface area contributed by atoms with Gasteiger partial charge in [0.05, 0.1) is 11.3 Å². The van der Waals surface area contributed by atoms with E-state index >= 15 is 0 Å². The molecule has 1 spiro atoms. The van der Waals surface area contributed by atoms with Crippen molar-refractivity contribution in [3.8, 4) is 0 Å². The number of carbonyl (C=O) groups excluding carboxylic acids is 2.